The van der Waals surface area contributed by atoms with Gasteiger partial charge in [0.15, 0.2) is 0 Å². The molecule has 1 heterocycles. The van der Waals surface area contributed by atoms with Crippen LogP contribution in [-0.2, 0) is 4.79 Å². The van der Waals surface area contributed by atoms with Crippen molar-refractivity contribution in [1.82, 2.24) is 4.90 Å². The van der Waals surface area contributed by atoms with Gasteiger partial charge in [0.2, 0.25) is 5.91 Å². The van der Waals surface area contributed by atoms with Gasteiger partial charge >= 0.3 is 0 Å². The molecule has 2 amide bonds. The summed E-state index contributed by atoms with van der Waals surface area (Å²) in [7, 11) is 0. The maximum absolute atomic E-state index is 12.7. The summed E-state index contributed by atoms with van der Waals surface area (Å²) in [4.78, 5) is 26.5. The highest BCUT2D eigenvalue weighted by molar-refractivity contribution is 8.00. The van der Waals surface area contributed by atoms with E-state index in [0.29, 0.717) is 10.8 Å². The lowest BCUT2D eigenvalue weighted by Gasteiger charge is -2.37. The number of amides is 2. The Morgan fingerprint density at radius 3 is 2.77 bits per heavy atom. The van der Waals surface area contributed by atoms with Crippen LogP contribution in [0, 0.1) is 5.92 Å². The Balaban J connectivity index is 1.73. The molecule has 1 aliphatic carbocycles. The zero-order valence-corrected chi connectivity index (χ0v) is 13.9. The molecule has 1 aliphatic heterocycles. The summed E-state index contributed by atoms with van der Waals surface area (Å²) in [5.41, 5.74) is 1.37. The Labute approximate surface area is 135 Å². The van der Waals surface area contributed by atoms with Gasteiger partial charge < -0.3 is 10.2 Å². The number of carbonyl (C=O) groups is 2. The molecule has 0 spiro atoms. The van der Waals surface area contributed by atoms with Gasteiger partial charge in [0.1, 0.15) is 0 Å². The van der Waals surface area contributed by atoms with Crippen molar-refractivity contribution in [2.45, 2.75) is 38.0 Å². The number of hydrogen-bond donors (Lipinski definition) is 1. The van der Waals surface area contributed by atoms with E-state index in [2.05, 4.69) is 19.2 Å². The van der Waals surface area contributed by atoms with Crippen LogP contribution in [0.2, 0.25) is 0 Å². The summed E-state index contributed by atoms with van der Waals surface area (Å²) in [6.07, 6.45) is 1.95. The minimum atomic E-state index is 0.0576. The summed E-state index contributed by atoms with van der Waals surface area (Å²) in [6.45, 7) is 5.06. The van der Waals surface area contributed by atoms with E-state index < -0.39 is 0 Å². The summed E-state index contributed by atoms with van der Waals surface area (Å²) in [5.74, 6) is 1.28. The van der Waals surface area contributed by atoms with E-state index in [1.165, 1.54) is 0 Å². The smallest absolute Gasteiger partial charge is 0.254 e. The molecule has 1 aromatic rings. The fraction of sp³-hybridized carbons (Fsp3) is 0.529. The second-order valence-corrected chi connectivity index (χ2v) is 7.64. The number of thioether (sulfide) groups is 1. The van der Waals surface area contributed by atoms with Crippen LogP contribution in [0.25, 0.3) is 0 Å². The Morgan fingerprint density at radius 2 is 2.05 bits per heavy atom. The number of rotatable bonds is 3. The molecular formula is C17H22N2O2S. The van der Waals surface area contributed by atoms with Crippen LogP contribution >= 0.6 is 11.8 Å². The average Bonchev–Trinajstić information content (AvgIpc) is 3.34. The van der Waals surface area contributed by atoms with Crippen molar-refractivity contribution in [2.75, 3.05) is 17.6 Å². The fourth-order valence-corrected chi connectivity index (χ4v) is 3.80. The maximum atomic E-state index is 12.7. The van der Waals surface area contributed by atoms with Crippen LogP contribution in [0.4, 0.5) is 5.69 Å². The van der Waals surface area contributed by atoms with E-state index >= 15 is 0 Å². The molecule has 1 N–H and O–H groups in total. The molecule has 1 saturated heterocycles. The van der Waals surface area contributed by atoms with Gasteiger partial charge in [0, 0.05) is 40.8 Å². The minimum Gasteiger partial charge on any atom is -0.334 e. The first-order valence-corrected chi connectivity index (χ1v) is 8.94. The number of nitrogens with zero attached hydrogens (tertiary/aromatic N) is 1. The Kier molecular flexibility index (Phi) is 4.43. The van der Waals surface area contributed by atoms with Crippen molar-refractivity contribution in [3.63, 3.8) is 0 Å². The van der Waals surface area contributed by atoms with Gasteiger partial charge in [0.25, 0.3) is 5.91 Å². The molecule has 5 heteroatoms. The molecule has 2 fully saturated rings. The van der Waals surface area contributed by atoms with Crippen LogP contribution in [0.5, 0.6) is 0 Å². The highest BCUT2D eigenvalue weighted by atomic mass is 32.2. The number of hydrogen-bond acceptors (Lipinski definition) is 3. The third-order valence-electron chi connectivity index (χ3n) is 4.47. The van der Waals surface area contributed by atoms with Crippen molar-refractivity contribution >= 4 is 29.3 Å². The van der Waals surface area contributed by atoms with Gasteiger partial charge in [-0.25, -0.2) is 0 Å². The minimum absolute atomic E-state index is 0.0576. The number of nitrogens with one attached hydrogen (secondary N) is 1. The molecule has 2 aliphatic rings. The van der Waals surface area contributed by atoms with Gasteiger partial charge in [-0.15, -0.1) is 0 Å². The van der Waals surface area contributed by atoms with Crippen LogP contribution in [0.15, 0.2) is 24.3 Å². The third kappa shape index (κ3) is 3.29. The normalized spacial score (nSPS) is 24.9. The topological polar surface area (TPSA) is 49.4 Å². The number of benzene rings is 1. The standard InChI is InChI=1S/C17H22N2O2S/c1-11-12(2)22-9-8-19(11)17(21)14-4-3-5-15(10-14)18-16(20)13-6-7-13/h3-5,10-13H,6-9H2,1-2H3,(H,18,20)/t11-,12-/m0/s1. The monoisotopic (exact) mass is 318 g/mol. The molecule has 4 nitrogen and oxygen atoms in total. The van der Waals surface area contributed by atoms with Crippen molar-refractivity contribution in [2.24, 2.45) is 5.92 Å². The molecule has 1 saturated carbocycles. The van der Waals surface area contributed by atoms with E-state index in [4.69, 9.17) is 0 Å². The first kappa shape index (κ1) is 15.4. The van der Waals surface area contributed by atoms with E-state index in [1.54, 1.807) is 6.07 Å². The predicted molar refractivity (Wildman–Crippen MR) is 90.2 cm³/mol. The molecule has 2 atom stereocenters. The van der Waals surface area contributed by atoms with E-state index in [-0.39, 0.29) is 23.8 Å². The van der Waals surface area contributed by atoms with Crippen LogP contribution in [0.1, 0.15) is 37.0 Å². The quantitative estimate of drug-likeness (QED) is 0.932. The highest BCUT2D eigenvalue weighted by Crippen LogP contribution is 2.30. The van der Waals surface area contributed by atoms with E-state index in [9.17, 15) is 9.59 Å². The first-order valence-electron chi connectivity index (χ1n) is 7.90. The van der Waals surface area contributed by atoms with Crippen molar-refractivity contribution in [3.8, 4) is 0 Å². The molecule has 0 aromatic heterocycles. The third-order valence-corrected chi connectivity index (χ3v) is 5.81. The predicted octanol–water partition coefficient (Wildman–Crippen LogP) is 3.00. The van der Waals surface area contributed by atoms with Gasteiger partial charge in [-0.05, 0) is 38.0 Å². The molecule has 0 radical (unpaired) electrons. The molecule has 0 bridgehead atoms. The van der Waals surface area contributed by atoms with Crippen molar-refractivity contribution in [1.29, 1.82) is 0 Å². The van der Waals surface area contributed by atoms with Crippen LogP contribution < -0.4 is 5.32 Å². The lowest BCUT2D eigenvalue weighted by molar-refractivity contribution is -0.117. The largest absolute Gasteiger partial charge is 0.334 e. The fourth-order valence-electron chi connectivity index (χ4n) is 2.71. The lowest BCUT2D eigenvalue weighted by atomic mass is 10.1. The van der Waals surface area contributed by atoms with Crippen molar-refractivity contribution in [3.05, 3.63) is 29.8 Å². The van der Waals surface area contributed by atoms with Gasteiger partial charge in [-0.1, -0.05) is 13.0 Å². The first-order chi connectivity index (χ1) is 10.6. The SMILES string of the molecule is C[C@@H]1SCCN(C(=O)c2cccc(NC(=O)C3CC3)c2)[C@H]1C. The summed E-state index contributed by atoms with van der Waals surface area (Å²) in [6, 6.07) is 7.53. The zero-order chi connectivity index (χ0) is 15.7. The Bertz CT molecular complexity index is 586. The Morgan fingerprint density at radius 1 is 1.27 bits per heavy atom. The molecule has 3 rings (SSSR count). The summed E-state index contributed by atoms with van der Waals surface area (Å²) in [5, 5.41) is 3.36. The van der Waals surface area contributed by atoms with E-state index in [0.717, 1.165) is 30.8 Å². The lowest BCUT2D eigenvalue weighted by Crippen LogP contribution is -2.47. The number of carbonyl (C=O) groups excluding carboxylic acids is 2. The Hall–Kier alpha value is -1.49. The van der Waals surface area contributed by atoms with Crippen LogP contribution in [0.3, 0.4) is 0 Å². The molecule has 0 unspecified atom stereocenters. The molecule has 1 aromatic carbocycles. The van der Waals surface area contributed by atoms with Gasteiger partial charge in [-0.3, -0.25) is 9.59 Å². The zero-order valence-electron chi connectivity index (χ0n) is 13.0. The number of anilines is 1. The second-order valence-electron chi connectivity index (χ2n) is 6.16. The van der Waals surface area contributed by atoms with Gasteiger partial charge in [-0.2, -0.15) is 11.8 Å². The molecule has 22 heavy (non-hydrogen) atoms. The molecular weight excluding hydrogens is 296 g/mol. The van der Waals surface area contributed by atoms with Gasteiger partial charge in [0.05, 0.1) is 0 Å². The maximum Gasteiger partial charge on any atom is 0.254 e. The van der Waals surface area contributed by atoms with Crippen molar-refractivity contribution < 1.29 is 9.59 Å². The van der Waals surface area contributed by atoms with Crippen LogP contribution in [-0.4, -0.2) is 40.3 Å². The molecule has 118 valence electrons. The second kappa shape index (κ2) is 6.32. The average molecular weight is 318 g/mol. The summed E-state index contributed by atoms with van der Waals surface area (Å²) >= 11 is 1.91. The van der Waals surface area contributed by atoms with E-state index in [1.807, 2.05) is 34.9 Å². The highest BCUT2D eigenvalue weighted by Gasteiger charge is 2.31. The summed E-state index contributed by atoms with van der Waals surface area (Å²) < 4.78 is 0.